The van der Waals surface area contributed by atoms with E-state index in [1.807, 2.05) is 61.5 Å². The van der Waals surface area contributed by atoms with Crippen LogP contribution in [-0.2, 0) is 9.53 Å². The predicted molar refractivity (Wildman–Crippen MR) is 132 cm³/mol. The Kier molecular flexibility index (Phi) is 7.37. The fourth-order valence-corrected chi connectivity index (χ4v) is 9.08. The Morgan fingerprint density at radius 1 is 0.812 bits per heavy atom. The van der Waals surface area contributed by atoms with Crippen LogP contribution in [0, 0.1) is 5.92 Å². The minimum atomic E-state index is -0.904. The highest BCUT2D eigenvalue weighted by atomic mass is 32.3. The number of cyclic esters (lactones) is 1. The first kappa shape index (κ1) is 22.7. The number of hydrogen-bond acceptors (Lipinski definition) is 6. The third kappa shape index (κ3) is 5.10. The lowest BCUT2D eigenvalue weighted by molar-refractivity contribution is -0.141. The van der Waals surface area contributed by atoms with Gasteiger partial charge in [-0.2, -0.15) is 0 Å². The number of esters is 1. The molecule has 32 heavy (non-hydrogen) atoms. The molecule has 0 saturated carbocycles. The summed E-state index contributed by atoms with van der Waals surface area (Å²) in [4.78, 5) is 18.8. The fraction of sp³-hybridized carbons (Fsp3) is 0.208. The number of azide groups is 1. The van der Waals surface area contributed by atoms with E-state index >= 15 is 0 Å². The zero-order valence-electron chi connectivity index (χ0n) is 17.3. The summed E-state index contributed by atoms with van der Waals surface area (Å²) in [7, 11) is 0. The second kappa shape index (κ2) is 10.4. The molecule has 162 valence electrons. The van der Waals surface area contributed by atoms with Gasteiger partial charge in [0.15, 0.2) is 0 Å². The molecule has 1 heterocycles. The zero-order valence-corrected chi connectivity index (χ0v) is 19.7. The van der Waals surface area contributed by atoms with Crippen molar-refractivity contribution in [3.63, 3.8) is 0 Å². The van der Waals surface area contributed by atoms with E-state index in [0.29, 0.717) is 0 Å². The van der Waals surface area contributed by atoms with Gasteiger partial charge in [0.1, 0.15) is 15.6 Å². The van der Waals surface area contributed by atoms with Crippen molar-refractivity contribution in [2.24, 2.45) is 11.0 Å². The normalized spacial score (nSPS) is 20.4. The number of ether oxygens (including phenoxy) is 1. The second-order valence-electron chi connectivity index (χ2n) is 7.17. The second-order valence-corrected chi connectivity index (χ2v) is 11.9. The Bertz CT molecular complexity index is 992. The molecule has 0 aromatic heterocycles. The molecule has 0 amide bonds. The molecule has 0 bridgehead atoms. The molecule has 0 spiro atoms. The van der Waals surface area contributed by atoms with Crippen LogP contribution in [0.5, 0.6) is 0 Å². The van der Waals surface area contributed by atoms with Crippen LogP contribution in [0.1, 0.15) is 6.92 Å². The van der Waals surface area contributed by atoms with Gasteiger partial charge in [-0.05, 0) is 48.9 Å². The van der Waals surface area contributed by atoms with E-state index in [-0.39, 0.29) is 5.92 Å². The number of nitrogens with zero attached hydrogens (tertiary/aromatic N) is 3. The van der Waals surface area contributed by atoms with E-state index in [1.165, 1.54) is 0 Å². The maximum atomic E-state index is 12.7. The number of rotatable bonds is 8. The van der Waals surface area contributed by atoms with Crippen molar-refractivity contribution in [3.8, 4) is 0 Å². The Labute approximate surface area is 200 Å². The summed E-state index contributed by atoms with van der Waals surface area (Å²) in [5.41, 5.74) is 9.21. The smallest absolute Gasteiger partial charge is 0.315 e. The molecule has 1 aliphatic rings. The van der Waals surface area contributed by atoms with Crippen LogP contribution < -0.4 is 0 Å². The Morgan fingerprint density at radius 2 is 1.22 bits per heavy atom. The minimum Gasteiger partial charge on any atom is -0.462 e. The van der Waals surface area contributed by atoms with Crippen LogP contribution >= 0.6 is 35.3 Å². The lowest BCUT2D eigenvalue weighted by atomic mass is 10.00. The van der Waals surface area contributed by atoms with Gasteiger partial charge in [0.2, 0.25) is 0 Å². The predicted octanol–water partition coefficient (Wildman–Crippen LogP) is 7.26. The fourth-order valence-electron chi connectivity index (χ4n) is 3.61. The molecule has 0 unspecified atom stereocenters. The van der Waals surface area contributed by atoms with Crippen molar-refractivity contribution in [1.82, 2.24) is 0 Å². The van der Waals surface area contributed by atoms with Crippen molar-refractivity contribution in [3.05, 3.63) is 101 Å². The lowest BCUT2D eigenvalue weighted by Crippen LogP contribution is -2.39. The highest BCUT2D eigenvalue weighted by molar-refractivity contribution is 8.33. The van der Waals surface area contributed by atoms with Crippen LogP contribution in [-0.4, -0.2) is 21.5 Å². The van der Waals surface area contributed by atoms with Gasteiger partial charge in [0.25, 0.3) is 0 Å². The van der Waals surface area contributed by atoms with Crippen LogP contribution in [0.2, 0.25) is 0 Å². The molecule has 3 aromatic rings. The van der Waals surface area contributed by atoms with Gasteiger partial charge in [-0.25, -0.2) is 0 Å². The van der Waals surface area contributed by atoms with E-state index in [2.05, 4.69) is 46.4 Å². The van der Waals surface area contributed by atoms with Crippen molar-refractivity contribution >= 4 is 41.3 Å². The SMILES string of the molecule is C[C@H]1OC(=O)[C@@H](N=[N+]=[N-])[C@@H]1C(Sc1ccccc1)(Sc1ccccc1)Sc1ccccc1. The first-order valence-electron chi connectivity index (χ1n) is 10.1. The van der Waals surface area contributed by atoms with Gasteiger partial charge in [0.05, 0.1) is 0 Å². The topological polar surface area (TPSA) is 75.1 Å². The molecule has 1 aliphatic heterocycles. The van der Waals surface area contributed by atoms with E-state index in [9.17, 15) is 10.3 Å². The molecule has 0 aliphatic carbocycles. The molecule has 3 aromatic carbocycles. The number of hydrogen-bond donors (Lipinski definition) is 0. The van der Waals surface area contributed by atoms with Crippen LogP contribution in [0.15, 0.2) is 111 Å². The molecule has 0 N–H and O–H groups in total. The van der Waals surface area contributed by atoms with E-state index in [0.717, 1.165) is 14.7 Å². The summed E-state index contributed by atoms with van der Waals surface area (Å²) >= 11 is 5.01. The van der Waals surface area contributed by atoms with Gasteiger partial charge < -0.3 is 4.74 Å². The molecule has 8 heteroatoms. The summed E-state index contributed by atoms with van der Waals surface area (Å²) < 4.78 is 4.97. The van der Waals surface area contributed by atoms with Gasteiger partial charge in [-0.3, -0.25) is 4.79 Å². The Morgan fingerprint density at radius 3 is 1.59 bits per heavy atom. The molecule has 3 atom stereocenters. The summed E-state index contributed by atoms with van der Waals surface area (Å²) in [6, 6.07) is 29.4. The van der Waals surface area contributed by atoms with Gasteiger partial charge >= 0.3 is 5.97 Å². The van der Waals surface area contributed by atoms with Crippen molar-refractivity contribution < 1.29 is 9.53 Å². The molecular formula is C24H21N3O2S3. The third-order valence-corrected chi connectivity index (χ3v) is 9.68. The average Bonchev–Trinajstić information content (AvgIpc) is 3.09. The lowest BCUT2D eigenvalue weighted by Gasteiger charge is -2.39. The van der Waals surface area contributed by atoms with Gasteiger partial charge in [-0.15, -0.1) is 0 Å². The van der Waals surface area contributed by atoms with Gasteiger partial charge in [-0.1, -0.05) is 95.0 Å². The standard InChI is InChI=1S/C24H21N3O2S3/c1-17-21(22(26-27-25)23(28)29-17)24(30-18-11-5-2-6-12-18,31-19-13-7-3-8-14-19)32-20-15-9-4-10-16-20/h2-17,21-22H,1H3/t17-,21-,22+/m1/s1. The van der Waals surface area contributed by atoms with Crippen LogP contribution in [0.4, 0.5) is 0 Å². The quantitative estimate of drug-likeness (QED) is 0.0849. The maximum Gasteiger partial charge on any atom is 0.315 e. The van der Waals surface area contributed by atoms with E-state index in [1.54, 1.807) is 35.3 Å². The van der Waals surface area contributed by atoms with Crippen molar-refractivity contribution in [2.75, 3.05) is 0 Å². The summed E-state index contributed by atoms with van der Waals surface area (Å²) in [5.74, 6) is -0.841. The average molecular weight is 480 g/mol. The summed E-state index contributed by atoms with van der Waals surface area (Å²) in [6.07, 6.45) is -0.415. The third-order valence-electron chi connectivity index (χ3n) is 4.98. The molecule has 1 saturated heterocycles. The number of thioether (sulfide) groups is 3. The first-order valence-corrected chi connectivity index (χ1v) is 12.5. The van der Waals surface area contributed by atoms with Crippen molar-refractivity contribution in [2.45, 2.75) is 37.2 Å². The minimum absolute atomic E-state index is 0.369. The highest BCUT2D eigenvalue weighted by Crippen LogP contribution is 2.62. The van der Waals surface area contributed by atoms with E-state index < -0.39 is 21.5 Å². The molecule has 5 nitrogen and oxygen atoms in total. The number of carbonyl (C=O) groups is 1. The summed E-state index contributed by atoms with van der Waals surface area (Å²) in [5, 5.41) is 3.89. The monoisotopic (exact) mass is 479 g/mol. The first-order chi connectivity index (χ1) is 15.6. The molecule has 1 fully saturated rings. The number of carbonyl (C=O) groups excluding carboxylic acids is 1. The largest absolute Gasteiger partial charge is 0.462 e. The highest BCUT2D eigenvalue weighted by Gasteiger charge is 2.56. The van der Waals surface area contributed by atoms with E-state index in [4.69, 9.17) is 4.74 Å². The van der Waals surface area contributed by atoms with Crippen LogP contribution in [0.3, 0.4) is 0 Å². The zero-order chi connectivity index (χ0) is 22.4. The maximum absolute atomic E-state index is 12.7. The van der Waals surface area contributed by atoms with Crippen molar-refractivity contribution in [1.29, 1.82) is 0 Å². The molecule has 4 rings (SSSR count). The Hall–Kier alpha value is -2.51. The Balaban J connectivity index is 1.87. The molecular weight excluding hydrogens is 458 g/mol. The summed E-state index contributed by atoms with van der Waals surface area (Å²) in [6.45, 7) is 1.88. The number of benzene rings is 3. The van der Waals surface area contributed by atoms with Crippen LogP contribution in [0.25, 0.3) is 10.4 Å². The molecule has 0 radical (unpaired) electrons. The van der Waals surface area contributed by atoms with Gasteiger partial charge in [0, 0.05) is 25.5 Å².